The number of halogens is 1. The van der Waals surface area contributed by atoms with Gasteiger partial charge in [-0.1, -0.05) is 11.6 Å². The number of carboxylic acid groups (broad SMARTS) is 1. The third-order valence-corrected chi connectivity index (χ3v) is 2.79. The quantitative estimate of drug-likeness (QED) is 0.369. The Labute approximate surface area is 126 Å². The van der Waals surface area contributed by atoms with Crippen molar-refractivity contribution in [2.75, 3.05) is 11.1 Å². The number of aliphatic carboxylic acids is 1. The van der Waals surface area contributed by atoms with Crippen molar-refractivity contribution >= 4 is 34.9 Å². The van der Waals surface area contributed by atoms with Crippen molar-refractivity contribution in [2.24, 2.45) is 0 Å². The summed E-state index contributed by atoms with van der Waals surface area (Å²) in [6.45, 7) is 1.29. The monoisotopic (exact) mass is 308 g/mol. The van der Waals surface area contributed by atoms with Crippen molar-refractivity contribution in [3.8, 4) is 6.07 Å². The van der Waals surface area contributed by atoms with Gasteiger partial charge in [0.05, 0.1) is 10.7 Å². The number of carbonyl (C=O) groups excluding carboxylic acids is 1. The number of amides is 1. The smallest absolute Gasteiger partial charge is 0.325 e. The van der Waals surface area contributed by atoms with Crippen LogP contribution < -0.4 is 16.4 Å². The minimum absolute atomic E-state index is 0.268. The first kappa shape index (κ1) is 16.3. The van der Waals surface area contributed by atoms with E-state index in [4.69, 9.17) is 27.7 Å². The number of nitrogens with zero attached hydrogens (tertiary/aromatic N) is 1. The highest BCUT2D eigenvalue weighted by atomic mass is 35.5. The van der Waals surface area contributed by atoms with E-state index in [9.17, 15) is 9.59 Å². The zero-order valence-corrected chi connectivity index (χ0v) is 11.8. The van der Waals surface area contributed by atoms with E-state index in [1.165, 1.54) is 13.0 Å². The van der Waals surface area contributed by atoms with E-state index in [0.717, 1.165) is 6.20 Å². The molecule has 0 saturated carbocycles. The number of anilines is 2. The summed E-state index contributed by atoms with van der Waals surface area (Å²) in [5.74, 6) is -1.99. The fourth-order valence-electron chi connectivity index (χ4n) is 1.26. The molecule has 7 nitrogen and oxygen atoms in total. The Hall–Kier alpha value is -2.72. The van der Waals surface area contributed by atoms with Crippen molar-refractivity contribution in [3.63, 3.8) is 0 Å². The lowest BCUT2D eigenvalue weighted by Gasteiger charge is -2.09. The number of carboxylic acids is 1. The van der Waals surface area contributed by atoms with Gasteiger partial charge in [-0.05, 0) is 25.1 Å². The highest BCUT2D eigenvalue weighted by Crippen LogP contribution is 2.22. The number of nitriles is 1. The highest BCUT2D eigenvalue weighted by Gasteiger charge is 2.16. The van der Waals surface area contributed by atoms with Crippen LogP contribution in [0.2, 0.25) is 5.02 Å². The Morgan fingerprint density at radius 3 is 2.71 bits per heavy atom. The summed E-state index contributed by atoms with van der Waals surface area (Å²) >= 11 is 5.83. The summed E-state index contributed by atoms with van der Waals surface area (Å²) in [6.07, 6.45) is 1.16. The van der Waals surface area contributed by atoms with Crippen LogP contribution in [-0.4, -0.2) is 23.0 Å². The molecule has 8 heteroatoms. The van der Waals surface area contributed by atoms with Gasteiger partial charge in [-0.3, -0.25) is 9.59 Å². The molecule has 1 amide bonds. The maximum Gasteiger partial charge on any atom is 0.325 e. The highest BCUT2D eigenvalue weighted by molar-refractivity contribution is 6.33. The van der Waals surface area contributed by atoms with E-state index in [1.54, 1.807) is 18.2 Å². The van der Waals surface area contributed by atoms with Gasteiger partial charge in [0, 0.05) is 11.9 Å². The standard InChI is InChI=1S/C13H13ClN4O3/c1-7(13(20)21)18-12(19)8(5-15)6-17-9-2-3-11(16)10(14)4-9/h2-4,6-7,17H,16H2,1H3,(H,18,19)(H,20,21)/b8-6-. The van der Waals surface area contributed by atoms with Gasteiger partial charge < -0.3 is 21.5 Å². The molecule has 1 unspecified atom stereocenters. The van der Waals surface area contributed by atoms with Crippen LogP contribution in [-0.2, 0) is 9.59 Å². The Kier molecular flexibility index (Phi) is 5.57. The Morgan fingerprint density at radius 1 is 1.52 bits per heavy atom. The Bertz CT molecular complexity index is 637. The summed E-state index contributed by atoms with van der Waals surface area (Å²) in [7, 11) is 0. The number of nitrogen functional groups attached to an aromatic ring is 1. The molecule has 0 heterocycles. The number of hydrogen-bond acceptors (Lipinski definition) is 5. The van der Waals surface area contributed by atoms with Crippen LogP contribution >= 0.6 is 11.6 Å². The predicted octanol–water partition coefficient (Wildman–Crippen LogP) is 1.33. The molecule has 110 valence electrons. The zero-order chi connectivity index (χ0) is 16.0. The molecule has 0 radical (unpaired) electrons. The molecule has 0 fully saturated rings. The molecular weight excluding hydrogens is 296 g/mol. The molecule has 0 aliphatic carbocycles. The van der Waals surface area contributed by atoms with Gasteiger partial charge in [0.2, 0.25) is 0 Å². The second kappa shape index (κ2) is 7.17. The number of nitrogens with two attached hydrogens (primary N) is 1. The number of nitrogens with one attached hydrogen (secondary N) is 2. The molecule has 1 rings (SSSR count). The van der Waals surface area contributed by atoms with Crippen LogP contribution in [0, 0.1) is 11.3 Å². The molecule has 1 aromatic rings. The summed E-state index contributed by atoms with van der Waals surface area (Å²) in [6, 6.07) is 5.29. The van der Waals surface area contributed by atoms with Gasteiger partial charge in [0.1, 0.15) is 17.7 Å². The summed E-state index contributed by atoms with van der Waals surface area (Å²) in [4.78, 5) is 22.3. The van der Waals surface area contributed by atoms with Gasteiger partial charge in [0.25, 0.3) is 5.91 Å². The maximum atomic E-state index is 11.7. The van der Waals surface area contributed by atoms with Crippen LogP contribution in [0.3, 0.4) is 0 Å². The summed E-state index contributed by atoms with van der Waals surface area (Å²) < 4.78 is 0. The molecule has 5 N–H and O–H groups in total. The molecule has 0 aromatic heterocycles. The van der Waals surface area contributed by atoms with Crippen LogP contribution in [0.25, 0.3) is 0 Å². The minimum Gasteiger partial charge on any atom is -0.480 e. The minimum atomic E-state index is -1.20. The molecule has 0 saturated heterocycles. The van der Waals surface area contributed by atoms with Crippen molar-refractivity contribution in [1.29, 1.82) is 5.26 Å². The van der Waals surface area contributed by atoms with Crippen LogP contribution in [0.1, 0.15) is 6.92 Å². The molecule has 1 atom stereocenters. The second-order valence-electron chi connectivity index (χ2n) is 4.08. The predicted molar refractivity (Wildman–Crippen MR) is 78.4 cm³/mol. The Morgan fingerprint density at radius 2 is 2.19 bits per heavy atom. The lowest BCUT2D eigenvalue weighted by Crippen LogP contribution is -2.39. The van der Waals surface area contributed by atoms with Gasteiger partial charge in [-0.15, -0.1) is 0 Å². The fraction of sp³-hybridized carbons (Fsp3) is 0.154. The third-order valence-electron chi connectivity index (χ3n) is 2.47. The van der Waals surface area contributed by atoms with Crippen molar-refractivity contribution < 1.29 is 14.7 Å². The SMILES string of the molecule is CC(NC(=O)/C(C#N)=C\Nc1ccc(N)c(Cl)c1)C(=O)O. The van der Waals surface area contributed by atoms with Gasteiger partial charge in [-0.2, -0.15) is 5.26 Å². The lowest BCUT2D eigenvalue weighted by molar-refractivity contribution is -0.140. The molecule has 21 heavy (non-hydrogen) atoms. The van der Waals surface area contributed by atoms with E-state index < -0.39 is 17.9 Å². The first-order valence-corrected chi connectivity index (χ1v) is 6.18. The molecule has 0 bridgehead atoms. The third kappa shape index (κ3) is 4.71. The number of benzene rings is 1. The number of hydrogen-bond donors (Lipinski definition) is 4. The van der Waals surface area contributed by atoms with Gasteiger partial charge in [0.15, 0.2) is 0 Å². The Balaban J connectivity index is 2.80. The fourth-order valence-corrected chi connectivity index (χ4v) is 1.44. The number of rotatable bonds is 5. The van der Waals surface area contributed by atoms with Crippen LogP contribution in [0.4, 0.5) is 11.4 Å². The molecule has 0 aliphatic rings. The molecular formula is C13H13ClN4O3. The largest absolute Gasteiger partial charge is 0.480 e. The zero-order valence-electron chi connectivity index (χ0n) is 11.1. The summed E-state index contributed by atoms with van der Waals surface area (Å²) in [5, 5.41) is 22.8. The summed E-state index contributed by atoms with van der Waals surface area (Å²) in [5.41, 5.74) is 6.22. The average Bonchev–Trinajstić information content (AvgIpc) is 2.43. The van der Waals surface area contributed by atoms with Crippen LogP contribution in [0.5, 0.6) is 0 Å². The maximum absolute atomic E-state index is 11.7. The molecule has 0 spiro atoms. The first-order chi connectivity index (χ1) is 9.85. The van der Waals surface area contributed by atoms with Crippen molar-refractivity contribution in [1.82, 2.24) is 5.32 Å². The lowest BCUT2D eigenvalue weighted by atomic mass is 10.2. The second-order valence-corrected chi connectivity index (χ2v) is 4.49. The van der Waals surface area contributed by atoms with E-state index in [0.29, 0.717) is 16.4 Å². The van der Waals surface area contributed by atoms with Gasteiger partial charge in [-0.25, -0.2) is 0 Å². The molecule has 0 aliphatic heterocycles. The average molecular weight is 309 g/mol. The molecule has 1 aromatic carbocycles. The van der Waals surface area contributed by atoms with E-state index in [2.05, 4.69) is 10.6 Å². The van der Waals surface area contributed by atoms with E-state index in [1.807, 2.05) is 0 Å². The normalized spacial score (nSPS) is 12.1. The van der Waals surface area contributed by atoms with Gasteiger partial charge >= 0.3 is 5.97 Å². The van der Waals surface area contributed by atoms with Crippen molar-refractivity contribution in [2.45, 2.75) is 13.0 Å². The van der Waals surface area contributed by atoms with Crippen molar-refractivity contribution in [3.05, 3.63) is 35.0 Å². The number of carbonyl (C=O) groups is 2. The van der Waals surface area contributed by atoms with E-state index >= 15 is 0 Å². The van der Waals surface area contributed by atoms with E-state index in [-0.39, 0.29) is 5.57 Å². The topological polar surface area (TPSA) is 128 Å². The van der Waals surface area contributed by atoms with Crippen LogP contribution in [0.15, 0.2) is 30.0 Å². The first-order valence-electron chi connectivity index (χ1n) is 5.80.